The number of hydrogen-bond acceptors (Lipinski definition) is 3. The maximum Gasteiger partial charge on any atom is 0.220 e. The number of carbonyl (C=O) groups excluding carboxylic acids is 1. The van der Waals surface area contributed by atoms with Crippen LogP contribution in [-0.2, 0) is 4.79 Å². The average molecular weight is 371 g/mol. The molecular weight excluding hydrogens is 324 g/mol. The van der Waals surface area contributed by atoms with Gasteiger partial charge in [-0.3, -0.25) is 4.79 Å². The van der Waals surface area contributed by atoms with Crippen LogP contribution in [0.15, 0.2) is 0 Å². The summed E-state index contributed by atoms with van der Waals surface area (Å²) >= 11 is 0. The summed E-state index contributed by atoms with van der Waals surface area (Å²) in [5.74, 6) is 0.0113. The molecule has 4 nitrogen and oxygen atoms in total. The van der Waals surface area contributed by atoms with Crippen molar-refractivity contribution < 1.29 is 9.90 Å². The van der Waals surface area contributed by atoms with Gasteiger partial charge in [-0.2, -0.15) is 0 Å². The van der Waals surface area contributed by atoms with Crippen LogP contribution in [0.2, 0.25) is 0 Å². The zero-order valence-electron chi connectivity index (χ0n) is 17.8. The topological polar surface area (TPSA) is 75.4 Å². The van der Waals surface area contributed by atoms with Crippen LogP contribution in [-0.4, -0.2) is 22.8 Å². The van der Waals surface area contributed by atoms with Crippen LogP contribution in [0.1, 0.15) is 124 Å². The maximum absolute atomic E-state index is 12.0. The van der Waals surface area contributed by atoms with Crippen molar-refractivity contribution in [1.29, 1.82) is 0 Å². The molecule has 0 radical (unpaired) electrons. The van der Waals surface area contributed by atoms with Crippen molar-refractivity contribution in [3.05, 3.63) is 0 Å². The lowest BCUT2D eigenvalue weighted by molar-refractivity contribution is -0.124. The van der Waals surface area contributed by atoms with Crippen molar-refractivity contribution in [2.24, 2.45) is 5.73 Å². The molecule has 0 spiro atoms. The number of hydrogen-bond donors (Lipinski definition) is 3. The summed E-state index contributed by atoms with van der Waals surface area (Å²) in [5.41, 5.74) is 4.53. The van der Waals surface area contributed by atoms with Gasteiger partial charge < -0.3 is 16.2 Å². The van der Waals surface area contributed by atoms with Crippen LogP contribution in [0.5, 0.6) is 0 Å². The molecule has 0 heterocycles. The Balaban J connectivity index is 3.48. The molecule has 0 aromatic rings. The molecule has 2 unspecified atom stereocenters. The van der Waals surface area contributed by atoms with Crippen molar-refractivity contribution in [1.82, 2.24) is 5.32 Å². The Labute approximate surface area is 162 Å². The van der Waals surface area contributed by atoms with Crippen molar-refractivity contribution >= 4 is 5.91 Å². The summed E-state index contributed by atoms with van der Waals surface area (Å²) in [7, 11) is 0. The van der Waals surface area contributed by atoms with Crippen molar-refractivity contribution in [2.45, 2.75) is 135 Å². The Bertz CT molecular complexity index is 332. The highest BCUT2D eigenvalue weighted by Gasteiger charge is 2.30. The van der Waals surface area contributed by atoms with Gasteiger partial charge in [-0.15, -0.1) is 0 Å². The second-order valence-corrected chi connectivity index (χ2v) is 7.87. The van der Waals surface area contributed by atoms with Gasteiger partial charge in [0.2, 0.25) is 5.91 Å². The second-order valence-electron chi connectivity index (χ2n) is 7.87. The lowest BCUT2D eigenvalue weighted by Crippen LogP contribution is -2.57. The molecular formula is C22H46N2O2. The number of unbranched alkanes of at least 4 members (excludes halogenated alkanes) is 12. The Morgan fingerprint density at radius 1 is 0.846 bits per heavy atom. The highest BCUT2D eigenvalue weighted by atomic mass is 16.3. The predicted octanol–water partition coefficient (Wildman–Crippen LogP) is 5.42. The summed E-state index contributed by atoms with van der Waals surface area (Å²) in [6, 6.07) is -0.359. The fourth-order valence-electron chi connectivity index (χ4n) is 3.40. The first-order valence-electron chi connectivity index (χ1n) is 11.3. The Kier molecular flexibility index (Phi) is 16.2. The molecule has 4 heteroatoms. The lowest BCUT2D eigenvalue weighted by Gasteiger charge is -2.31. The third-order valence-electron chi connectivity index (χ3n) is 5.42. The minimum absolute atomic E-state index is 0.0113. The lowest BCUT2D eigenvalue weighted by atomic mass is 9.99. The third-order valence-corrected chi connectivity index (χ3v) is 5.42. The highest BCUT2D eigenvalue weighted by Crippen LogP contribution is 2.14. The molecule has 156 valence electrons. The molecule has 0 aliphatic carbocycles. The van der Waals surface area contributed by atoms with E-state index < -0.39 is 5.72 Å². The SMILES string of the molecule is CCCCCCCCCCCCCCCC(=O)NC(CC)C(N)(O)CC. The Morgan fingerprint density at radius 3 is 1.65 bits per heavy atom. The van der Waals surface area contributed by atoms with Crippen molar-refractivity contribution in [3.63, 3.8) is 0 Å². The van der Waals surface area contributed by atoms with Crippen LogP contribution >= 0.6 is 0 Å². The van der Waals surface area contributed by atoms with E-state index in [0.717, 1.165) is 12.8 Å². The van der Waals surface area contributed by atoms with Crippen LogP contribution in [0.3, 0.4) is 0 Å². The Hall–Kier alpha value is -0.610. The van der Waals surface area contributed by atoms with E-state index in [4.69, 9.17) is 5.73 Å². The van der Waals surface area contributed by atoms with Crippen LogP contribution in [0.25, 0.3) is 0 Å². The summed E-state index contributed by atoms with van der Waals surface area (Å²) in [4.78, 5) is 12.0. The van der Waals surface area contributed by atoms with Gasteiger partial charge in [-0.25, -0.2) is 0 Å². The van der Waals surface area contributed by atoms with Crippen molar-refractivity contribution in [3.8, 4) is 0 Å². The number of carbonyl (C=O) groups is 1. The first-order valence-corrected chi connectivity index (χ1v) is 11.3. The van der Waals surface area contributed by atoms with Crippen LogP contribution < -0.4 is 11.1 Å². The first-order chi connectivity index (χ1) is 12.5. The van der Waals surface area contributed by atoms with Gasteiger partial charge in [0.15, 0.2) is 0 Å². The van der Waals surface area contributed by atoms with Gasteiger partial charge in [0.05, 0.1) is 6.04 Å². The monoisotopic (exact) mass is 370 g/mol. The standard InChI is InChI=1S/C22H46N2O2/c1-4-7-8-9-10-11-12-13-14-15-16-17-18-19-21(25)24-20(5-2)22(23,26)6-3/h20,26H,4-19,23H2,1-3H3,(H,24,25). The Morgan fingerprint density at radius 2 is 1.27 bits per heavy atom. The van der Waals surface area contributed by atoms with Gasteiger partial charge in [0.25, 0.3) is 0 Å². The molecule has 0 aliphatic heterocycles. The van der Waals surface area contributed by atoms with Crippen LogP contribution in [0, 0.1) is 0 Å². The van der Waals surface area contributed by atoms with Gasteiger partial charge in [-0.05, 0) is 19.3 Å². The van der Waals surface area contributed by atoms with E-state index in [1.54, 1.807) is 0 Å². The van der Waals surface area contributed by atoms with E-state index in [1.807, 2.05) is 13.8 Å². The van der Waals surface area contributed by atoms with Crippen molar-refractivity contribution in [2.75, 3.05) is 0 Å². The zero-order valence-corrected chi connectivity index (χ0v) is 17.8. The predicted molar refractivity (Wildman–Crippen MR) is 112 cm³/mol. The van der Waals surface area contributed by atoms with E-state index in [2.05, 4.69) is 12.2 Å². The average Bonchev–Trinajstić information content (AvgIpc) is 2.63. The molecule has 0 aliphatic rings. The van der Waals surface area contributed by atoms with E-state index >= 15 is 0 Å². The maximum atomic E-state index is 12.0. The second kappa shape index (κ2) is 16.6. The highest BCUT2D eigenvalue weighted by molar-refractivity contribution is 5.76. The molecule has 0 rings (SSSR count). The summed E-state index contributed by atoms with van der Waals surface area (Å²) in [6.45, 7) is 6.03. The van der Waals surface area contributed by atoms with Gasteiger partial charge in [-0.1, -0.05) is 97.8 Å². The van der Waals surface area contributed by atoms with Gasteiger partial charge in [0, 0.05) is 6.42 Å². The van der Waals surface area contributed by atoms with E-state index in [0.29, 0.717) is 19.3 Å². The van der Waals surface area contributed by atoms with Gasteiger partial charge in [0.1, 0.15) is 5.72 Å². The molecule has 0 bridgehead atoms. The van der Waals surface area contributed by atoms with Crippen LogP contribution in [0.4, 0.5) is 0 Å². The number of nitrogens with two attached hydrogens (primary N) is 1. The van der Waals surface area contributed by atoms with Gasteiger partial charge >= 0.3 is 0 Å². The zero-order chi connectivity index (χ0) is 19.7. The summed E-state index contributed by atoms with van der Waals surface area (Å²) in [5, 5.41) is 13.0. The number of aliphatic hydroxyl groups is 1. The number of rotatable bonds is 18. The minimum atomic E-state index is -1.31. The first kappa shape index (κ1) is 25.4. The molecule has 0 aromatic carbocycles. The normalized spacial score (nSPS) is 14.8. The van der Waals surface area contributed by atoms with E-state index in [9.17, 15) is 9.90 Å². The molecule has 0 saturated carbocycles. The smallest absolute Gasteiger partial charge is 0.220 e. The molecule has 26 heavy (non-hydrogen) atoms. The quantitative estimate of drug-likeness (QED) is 0.223. The molecule has 0 saturated heterocycles. The van der Waals surface area contributed by atoms with E-state index in [1.165, 1.54) is 70.6 Å². The third kappa shape index (κ3) is 13.6. The molecule has 4 N–H and O–H groups in total. The number of amides is 1. The fourth-order valence-corrected chi connectivity index (χ4v) is 3.40. The summed E-state index contributed by atoms with van der Waals surface area (Å²) in [6.07, 6.45) is 18.6. The molecule has 0 aromatic heterocycles. The van der Waals surface area contributed by atoms with E-state index in [-0.39, 0.29) is 11.9 Å². The summed E-state index contributed by atoms with van der Waals surface area (Å²) < 4.78 is 0. The molecule has 0 fully saturated rings. The largest absolute Gasteiger partial charge is 0.374 e. The minimum Gasteiger partial charge on any atom is -0.374 e. The number of nitrogens with one attached hydrogen (secondary N) is 1. The fraction of sp³-hybridized carbons (Fsp3) is 0.955. The molecule has 1 amide bonds. The molecule has 2 atom stereocenters.